The normalized spacial score (nSPS) is 35.2. The van der Waals surface area contributed by atoms with Gasteiger partial charge in [0.25, 0.3) is 20.3 Å². The first-order valence-corrected chi connectivity index (χ1v) is 19.7. The van der Waals surface area contributed by atoms with Crippen LogP contribution in [-0.2, 0) is 36.8 Å². The fourth-order valence-electron chi connectivity index (χ4n) is 12.9. The number of nitrogens with zero attached hydrogens (tertiary/aromatic N) is 4. The van der Waals surface area contributed by atoms with Gasteiger partial charge in [-0.25, -0.2) is 0 Å². The Morgan fingerprint density at radius 1 is 0.643 bits per heavy atom. The lowest BCUT2D eigenvalue weighted by Gasteiger charge is -2.64. The summed E-state index contributed by atoms with van der Waals surface area (Å²) in [6.07, 6.45) is 8.15. The molecule has 2 aromatic rings. The maximum Gasteiger partial charge on any atom is 0.295 e. The molecular formula is C38H48N6O12. The summed E-state index contributed by atoms with van der Waals surface area (Å²) >= 11 is 0. The van der Waals surface area contributed by atoms with E-state index in [1.54, 1.807) is 18.2 Å². The summed E-state index contributed by atoms with van der Waals surface area (Å²) in [4.78, 5) is 63.6. The Bertz CT molecular complexity index is 1840. The van der Waals surface area contributed by atoms with Crippen molar-refractivity contribution in [3.05, 3.63) is 111 Å². The number of hydrogen-bond acceptors (Lipinski definition) is 14. The Labute approximate surface area is 322 Å². The van der Waals surface area contributed by atoms with E-state index in [2.05, 4.69) is 23.0 Å². The fourth-order valence-corrected chi connectivity index (χ4v) is 12.9. The molecule has 8 fully saturated rings. The molecule has 0 saturated heterocycles. The molecule has 8 aliphatic carbocycles. The van der Waals surface area contributed by atoms with Crippen LogP contribution in [0.2, 0.25) is 0 Å². The zero-order valence-electron chi connectivity index (χ0n) is 30.9. The number of benzene rings is 2. The van der Waals surface area contributed by atoms with E-state index >= 15 is 0 Å². The van der Waals surface area contributed by atoms with Crippen LogP contribution < -0.4 is 11.5 Å². The van der Waals surface area contributed by atoms with E-state index < -0.39 is 50.1 Å². The highest BCUT2D eigenvalue weighted by molar-refractivity contribution is 5.43. The lowest BCUT2D eigenvalue weighted by molar-refractivity contribution is -0.792. The molecule has 10 rings (SSSR count). The Morgan fingerprint density at radius 2 is 1.23 bits per heavy atom. The van der Waals surface area contributed by atoms with Gasteiger partial charge in [-0.1, -0.05) is 42.5 Å². The van der Waals surface area contributed by atoms with Gasteiger partial charge in [0.2, 0.25) is 0 Å². The minimum Gasteiger partial charge on any atom is -0.321 e. The summed E-state index contributed by atoms with van der Waals surface area (Å²) in [6.45, 7) is -1.43. The van der Waals surface area contributed by atoms with Gasteiger partial charge in [-0.05, 0) is 145 Å². The molecule has 4 N–H and O–H groups in total. The van der Waals surface area contributed by atoms with Gasteiger partial charge in [0.05, 0.1) is 0 Å². The van der Waals surface area contributed by atoms with Crippen molar-refractivity contribution in [2.75, 3.05) is 19.8 Å². The molecule has 8 saturated carbocycles. The maximum atomic E-state index is 11.4. The Morgan fingerprint density at radius 3 is 1.84 bits per heavy atom. The molecule has 7 unspecified atom stereocenters. The lowest BCUT2D eigenvalue weighted by atomic mass is 9.43. The summed E-state index contributed by atoms with van der Waals surface area (Å²) < 4.78 is 0. The zero-order chi connectivity index (χ0) is 39.5. The van der Waals surface area contributed by atoms with Gasteiger partial charge in [-0.2, -0.15) is 0 Å². The molecule has 7 atom stereocenters. The second kappa shape index (κ2) is 14.6. The fraction of sp³-hybridized carbons (Fsp3) is 0.684. The topological polar surface area (TPSA) is 262 Å². The molecule has 18 heteroatoms. The quantitative estimate of drug-likeness (QED) is 0.152. The molecule has 302 valence electrons. The summed E-state index contributed by atoms with van der Waals surface area (Å²) in [5.74, 6) is 2.19. The van der Waals surface area contributed by atoms with Gasteiger partial charge >= 0.3 is 0 Å². The number of hydrogen-bond donors (Lipinski definition) is 2. The highest BCUT2D eigenvalue weighted by atomic mass is 17.0. The van der Waals surface area contributed by atoms with Crippen molar-refractivity contribution in [2.45, 2.75) is 87.3 Å². The summed E-state index contributed by atoms with van der Waals surface area (Å²) in [5, 5.41) is 41.0. The third-order valence-electron chi connectivity index (χ3n) is 14.7. The van der Waals surface area contributed by atoms with Crippen LogP contribution in [0.15, 0.2) is 42.5 Å². The van der Waals surface area contributed by atoms with E-state index in [9.17, 15) is 40.5 Å². The van der Waals surface area contributed by atoms with Crippen molar-refractivity contribution in [1.29, 1.82) is 0 Å². The van der Waals surface area contributed by atoms with E-state index in [4.69, 9.17) is 26.0 Å². The Hall–Kier alpha value is -4.84. The molecule has 8 aliphatic rings. The molecular weight excluding hydrogens is 732 g/mol. The van der Waals surface area contributed by atoms with Crippen molar-refractivity contribution in [3.63, 3.8) is 0 Å². The van der Waals surface area contributed by atoms with Crippen LogP contribution in [0, 0.1) is 93.7 Å². The largest absolute Gasteiger partial charge is 0.321 e. The molecule has 0 radical (unpaired) electrons. The van der Waals surface area contributed by atoms with Crippen LogP contribution in [0.1, 0.15) is 97.6 Å². The first-order chi connectivity index (χ1) is 26.7. The smallest absolute Gasteiger partial charge is 0.295 e. The standard InChI is InChI=1S/C38H48N6O12/c39-37(30-9-22-4-23(11-30)12-31(37)10-22)32-8-21(5-25(18-53-41(45)46)19-54-42(47)48)6-27(16-32)36-28-7-24-13-33(17-28)38(40,34(36)14-24)29-3-1-2-26(15-29)35(56-44(51)52)20-55-43(49)50/h1-3,6,8,15-16,22-25,28,30-31,33-36H,4-5,7,9-14,17-20,39-40H2. The maximum absolute atomic E-state index is 11.4. The predicted octanol–water partition coefficient (Wildman–Crippen LogP) is 5.33. The third-order valence-corrected chi connectivity index (χ3v) is 14.7. The molecule has 0 heterocycles. The summed E-state index contributed by atoms with van der Waals surface area (Å²) in [7, 11) is 0. The first-order valence-electron chi connectivity index (χ1n) is 19.7. The molecule has 0 aromatic heterocycles. The molecule has 0 amide bonds. The molecule has 0 spiro atoms. The number of nitrogens with two attached hydrogens (primary N) is 2. The van der Waals surface area contributed by atoms with Crippen molar-refractivity contribution in [2.24, 2.45) is 64.7 Å². The third kappa shape index (κ3) is 6.94. The minimum atomic E-state index is -1.35. The van der Waals surface area contributed by atoms with Crippen LogP contribution >= 0.6 is 0 Å². The monoisotopic (exact) mass is 780 g/mol. The van der Waals surface area contributed by atoms with Gasteiger partial charge in [0.15, 0.2) is 6.10 Å². The van der Waals surface area contributed by atoms with Gasteiger partial charge < -0.3 is 30.8 Å². The van der Waals surface area contributed by atoms with Crippen LogP contribution in [-0.4, -0.2) is 40.2 Å². The van der Waals surface area contributed by atoms with Gasteiger partial charge in [-0.3, -0.25) is 0 Å². The average Bonchev–Trinajstić information content (AvgIpc) is 3.14. The molecule has 18 nitrogen and oxygen atoms in total. The Kier molecular flexibility index (Phi) is 9.91. The van der Waals surface area contributed by atoms with Gasteiger partial charge in [0.1, 0.15) is 19.8 Å². The highest BCUT2D eigenvalue weighted by Gasteiger charge is 2.61. The lowest BCUT2D eigenvalue weighted by Crippen LogP contribution is -2.63. The van der Waals surface area contributed by atoms with Crippen LogP contribution in [0.25, 0.3) is 0 Å². The van der Waals surface area contributed by atoms with E-state index in [0.29, 0.717) is 41.1 Å². The van der Waals surface area contributed by atoms with Crippen molar-refractivity contribution < 1.29 is 39.7 Å². The molecule has 2 aromatic carbocycles. The van der Waals surface area contributed by atoms with Gasteiger partial charge in [-0.15, -0.1) is 40.5 Å². The first kappa shape index (κ1) is 38.1. The van der Waals surface area contributed by atoms with E-state index in [1.807, 2.05) is 6.07 Å². The SMILES string of the molecule is NC1(c2cc(CC(CO[N+](=O)[O-])CO[N+](=O)[O-])cc(C3C4CC5CC(C4)C(N)(c4cccc(C(CO[N+](=O)[O-])O[N+](=O)[O-])c4)C3C5)c2)C2CC3CC(C2)CC1C3. The van der Waals surface area contributed by atoms with E-state index in [-0.39, 0.29) is 37.4 Å². The van der Waals surface area contributed by atoms with Crippen molar-refractivity contribution in [3.8, 4) is 0 Å². The van der Waals surface area contributed by atoms with E-state index in [0.717, 1.165) is 73.6 Å². The van der Waals surface area contributed by atoms with Crippen molar-refractivity contribution in [1.82, 2.24) is 0 Å². The second-order valence-electron chi connectivity index (χ2n) is 17.6. The van der Waals surface area contributed by atoms with Crippen LogP contribution in [0.5, 0.6) is 0 Å². The predicted molar refractivity (Wildman–Crippen MR) is 194 cm³/mol. The zero-order valence-corrected chi connectivity index (χ0v) is 30.9. The van der Waals surface area contributed by atoms with Crippen LogP contribution in [0.4, 0.5) is 0 Å². The van der Waals surface area contributed by atoms with Crippen LogP contribution in [0.3, 0.4) is 0 Å². The minimum absolute atomic E-state index is 0.00253. The summed E-state index contributed by atoms with van der Waals surface area (Å²) in [5.41, 5.74) is 18.0. The van der Waals surface area contributed by atoms with Gasteiger partial charge in [0, 0.05) is 17.0 Å². The Balaban J connectivity index is 1.19. The number of rotatable bonds is 17. The molecule has 56 heavy (non-hydrogen) atoms. The molecule has 0 aliphatic heterocycles. The summed E-state index contributed by atoms with van der Waals surface area (Å²) in [6, 6.07) is 13.5. The highest BCUT2D eigenvalue weighted by Crippen LogP contribution is 2.66. The molecule has 8 bridgehead atoms. The van der Waals surface area contributed by atoms with E-state index in [1.165, 1.54) is 6.42 Å². The average molecular weight is 781 g/mol. The van der Waals surface area contributed by atoms with Crippen molar-refractivity contribution >= 4 is 0 Å². The second-order valence-corrected chi connectivity index (χ2v) is 17.6.